The normalized spacial score (nSPS) is 21.4. The zero-order chi connectivity index (χ0) is 26.0. The highest BCUT2D eigenvalue weighted by Crippen LogP contribution is 2.39. The maximum Gasteiger partial charge on any atom is 0.263 e. The van der Waals surface area contributed by atoms with Gasteiger partial charge in [0, 0.05) is 41.8 Å². The van der Waals surface area contributed by atoms with Gasteiger partial charge in [-0.25, -0.2) is 23.1 Å². The third-order valence-electron chi connectivity index (χ3n) is 6.57. The van der Waals surface area contributed by atoms with E-state index in [2.05, 4.69) is 32.1 Å². The summed E-state index contributed by atoms with van der Waals surface area (Å²) in [6, 6.07) is 5.12. The van der Waals surface area contributed by atoms with Crippen molar-refractivity contribution in [1.29, 1.82) is 0 Å². The minimum atomic E-state index is -2.46. The number of piperidine rings is 1. The maximum atomic E-state index is 14.1. The zero-order valence-corrected chi connectivity index (χ0v) is 20.9. The number of carbonyl (C=O) groups is 1. The Balaban J connectivity index is 1.36. The van der Waals surface area contributed by atoms with E-state index in [1.807, 2.05) is 12.1 Å². The molecule has 2 fully saturated rings. The van der Waals surface area contributed by atoms with E-state index in [0.717, 1.165) is 37.6 Å². The average Bonchev–Trinajstić information content (AvgIpc) is 3.09. The second-order valence-corrected chi connectivity index (χ2v) is 10.1. The molecule has 0 aliphatic carbocycles. The number of amides is 1. The molecule has 36 heavy (non-hydrogen) atoms. The molecule has 0 radical (unpaired) electrons. The molecule has 0 spiro atoms. The van der Waals surface area contributed by atoms with Crippen LogP contribution >= 0.6 is 11.6 Å². The Morgan fingerprint density at radius 3 is 2.53 bits per heavy atom. The second-order valence-electron chi connectivity index (χ2n) is 9.64. The number of halogens is 4. The first kappa shape index (κ1) is 26.1. The monoisotopic (exact) mass is 523 g/mol. The van der Waals surface area contributed by atoms with Gasteiger partial charge in [-0.05, 0) is 57.7 Å². The van der Waals surface area contributed by atoms with E-state index in [1.165, 1.54) is 6.20 Å². The van der Waals surface area contributed by atoms with E-state index in [9.17, 15) is 18.0 Å². The SMILES string of the molecule is C=C(NCC(F)F)c1ccc(N2C3CCC2CC(NC(=O)C(C)(C)Oc2ncc(Cl)cc2F)C3)nc1. The fourth-order valence-electron chi connectivity index (χ4n) is 4.81. The van der Waals surface area contributed by atoms with Gasteiger partial charge in [-0.1, -0.05) is 18.2 Å². The summed E-state index contributed by atoms with van der Waals surface area (Å²) < 4.78 is 44.6. The van der Waals surface area contributed by atoms with Crippen LogP contribution < -0.4 is 20.3 Å². The summed E-state index contributed by atoms with van der Waals surface area (Å²) in [7, 11) is 0. The van der Waals surface area contributed by atoms with Crippen LogP contribution in [0.15, 0.2) is 37.2 Å². The fraction of sp³-hybridized carbons (Fsp3) is 0.480. The first-order chi connectivity index (χ1) is 17.0. The number of fused-ring (bicyclic) bond motifs is 2. The molecule has 2 aromatic rings. The van der Waals surface area contributed by atoms with Gasteiger partial charge in [-0.15, -0.1) is 0 Å². The molecule has 7 nitrogen and oxygen atoms in total. The molecule has 2 saturated heterocycles. The standard InChI is InChI=1S/C25H29ClF3N5O2/c1-14(30-13-21(28)29)15-4-7-22(31-11-15)34-18-5-6-19(34)10-17(9-18)33-24(35)25(2,3)36-23-20(27)8-16(26)12-32-23/h4,7-8,11-12,17-19,21,30H,1,5-6,9-10,13H2,2-3H3,(H,33,35). The summed E-state index contributed by atoms with van der Waals surface area (Å²) in [5.74, 6) is -0.558. The van der Waals surface area contributed by atoms with Gasteiger partial charge in [0.2, 0.25) is 0 Å². The van der Waals surface area contributed by atoms with Gasteiger partial charge in [0.05, 0.1) is 11.6 Å². The largest absolute Gasteiger partial charge is 0.459 e. The molecule has 2 aromatic heterocycles. The number of aromatic nitrogens is 2. The molecule has 2 bridgehead atoms. The Kier molecular flexibility index (Phi) is 7.63. The van der Waals surface area contributed by atoms with Crippen LogP contribution in [0.5, 0.6) is 5.88 Å². The summed E-state index contributed by atoms with van der Waals surface area (Å²) in [4.78, 5) is 23.7. The van der Waals surface area contributed by atoms with Gasteiger partial charge in [0.15, 0.2) is 11.4 Å². The van der Waals surface area contributed by atoms with Crippen molar-refractivity contribution in [2.24, 2.45) is 0 Å². The van der Waals surface area contributed by atoms with Crippen molar-refractivity contribution in [1.82, 2.24) is 20.6 Å². The predicted octanol–water partition coefficient (Wildman–Crippen LogP) is 4.57. The van der Waals surface area contributed by atoms with Crippen LogP contribution in [0.4, 0.5) is 19.0 Å². The Morgan fingerprint density at radius 2 is 1.94 bits per heavy atom. The molecule has 2 N–H and O–H groups in total. The Bertz CT molecular complexity index is 1100. The van der Waals surface area contributed by atoms with E-state index in [4.69, 9.17) is 16.3 Å². The van der Waals surface area contributed by atoms with Crippen LogP contribution in [-0.2, 0) is 4.79 Å². The van der Waals surface area contributed by atoms with Gasteiger partial charge < -0.3 is 20.3 Å². The van der Waals surface area contributed by atoms with Crippen LogP contribution in [0.1, 0.15) is 45.1 Å². The van der Waals surface area contributed by atoms with Crippen molar-refractivity contribution < 1.29 is 22.7 Å². The summed E-state index contributed by atoms with van der Waals surface area (Å²) in [5.41, 5.74) is -0.282. The minimum Gasteiger partial charge on any atom is -0.459 e. The summed E-state index contributed by atoms with van der Waals surface area (Å²) >= 11 is 5.74. The van der Waals surface area contributed by atoms with Crippen LogP contribution in [0.25, 0.3) is 5.70 Å². The number of rotatable bonds is 9. The van der Waals surface area contributed by atoms with Crippen molar-refractivity contribution in [3.05, 3.63) is 53.6 Å². The topological polar surface area (TPSA) is 79.4 Å². The van der Waals surface area contributed by atoms with E-state index in [1.54, 1.807) is 20.0 Å². The number of carbonyl (C=O) groups excluding carboxylic acids is 1. The molecule has 11 heteroatoms. The van der Waals surface area contributed by atoms with Crippen molar-refractivity contribution >= 4 is 29.0 Å². The summed E-state index contributed by atoms with van der Waals surface area (Å²) in [5, 5.41) is 5.81. The van der Waals surface area contributed by atoms with E-state index < -0.39 is 24.4 Å². The van der Waals surface area contributed by atoms with Crippen LogP contribution in [0, 0.1) is 5.82 Å². The van der Waals surface area contributed by atoms with Gasteiger partial charge in [0.25, 0.3) is 18.2 Å². The van der Waals surface area contributed by atoms with Gasteiger partial charge in [0.1, 0.15) is 5.82 Å². The molecule has 1 amide bonds. The lowest BCUT2D eigenvalue weighted by Crippen LogP contribution is -2.55. The highest BCUT2D eigenvalue weighted by Gasteiger charge is 2.43. The molecule has 2 atom stereocenters. The lowest BCUT2D eigenvalue weighted by atomic mass is 9.96. The number of hydrogen-bond acceptors (Lipinski definition) is 6. The molecular formula is C25H29ClF3N5O2. The second kappa shape index (κ2) is 10.5. The predicted molar refractivity (Wildman–Crippen MR) is 132 cm³/mol. The lowest BCUT2D eigenvalue weighted by Gasteiger charge is -2.40. The molecule has 4 heterocycles. The molecule has 0 aromatic carbocycles. The third-order valence-corrected chi connectivity index (χ3v) is 6.78. The Morgan fingerprint density at radius 1 is 1.25 bits per heavy atom. The van der Waals surface area contributed by atoms with Crippen LogP contribution in [-0.4, -0.2) is 52.6 Å². The highest BCUT2D eigenvalue weighted by molar-refractivity contribution is 6.30. The number of nitrogens with zero attached hydrogens (tertiary/aromatic N) is 3. The molecule has 0 saturated carbocycles. The van der Waals surface area contributed by atoms with Crippen molar-refractivity contribution in [3.8, 4) is 5.88 Å². The van der Waals surface area contributed by atoms with Gasteiger partial charge in [-0.3, -0.25) is 4.79 Å². The number of hydrogen-bond donors (Lipinski definition) is 2. The Hall–Kier alpha value is -3.01. The van der Waals surface area contributed by atoms with Crippen LogP contribution in [0.2, 0.25) is 5.02 Å². The number of alkyl halides is 2. The summed E-state index contributed by atoms with van der Waals surface area (Å²) in [6.07, 6.45) is 3.85. The van der Waals surface area contributed by atoms with Gasteiger partial charge >= 0.3 is 0 Å². The third kappa shape index (κ3) is 5.86. The number of nitrogens with one attached hydrogen (secondary N) is 2. The van der Waals surface area contributed by atoms with Crippen LogP contribution in [0.3, 0.4) is 0 Å². The van der Waals surface area contributed by atoms with Crippen molar-refractivity contribution in [2.45, 2.75) is 69.7 Å². The average molecular weight is 524 g/mol. The number of pyridine rings is 2. The quantitative estimate of drug-likeness (QED) is 0.501. The van der Waals surface area contributed by atoms with Gasteiger partial charge in [-0.2, -0.15) is 0 Å². The minimum absolute atomic E-state index is 0.0604. The molecule has 2 aliphatic rings. The molecule has 2 aliphatic heterocycles. The summed E-state index contributed by atoms with van der Waals surface area (Å²) in [6.45, 7) is 6.47. The number of anilines is 1. The van der Waals surface area contributed by atoms with Crippen molar-refractivity contribution in [2.75, 3.05) is 11.4 Å². The molecular weight excluding hydrogens is 495 g/mol. The van der Waals surface area contributed by atoms with E-state index in [-0.39, 0.29) is 34.9 Å². The molecule has 194 valence electrons. The first-order valence-electron chi connectivity index (χ1n) is 11.8. The smallest absolute Gasteiger partial charge is 0.263 e. The molecule has 4 rings (SSSR count). The number of ether oxygens (including phenoxy) is 1. The van der Waals surface area contributed by atoms with E-state index in [0.29, 0.717) is 11.3 Å². The zero-order valence-electron chi connectivity index (χ0n) is 20.1. The highest BCUT2D eigenvalue weighted by atomic mass is 35.5. The maximum absolute atomic E-state index is 14.1. The first-order valence-corrected chi connectivity index (χ1v) is 12.2. The fourth-order valence-corrected chi connectivity index (χ4v) is 4.96. The van der Waals surface area contributed by atoms with Crippen molar-refractivity contribution in [3.63, 3.8) is 0 Å². The molecule has 2 unspecified atom stereocenters. The lowest BCUT2D eigenvalue weighted by molar-refractivity contribution is -0.135. The Labute approximate surface area is 213 Å². The van der Waals surface area contributed by atoms with E-state index >= 15 is 0 Å².